The Kier molecular flexibility index (Phi) is 5.99. The van der Waals surface area contributed by atoms with Gasteiger partial charge >= 0.3 is 5.97 Å². The van der Waals surface area contributed by atoms with Gasteiger partial charge in [0.05, 0.1) is 12.7 Å². The Morgan fingerprint density at radius 3 is 2.40 bits per heavy atom. The van der Waals surface area contributed by atoms with Crippen LogP contribution >= 0.6 is 0 Å². The maximum Gasteiger partial charge on any atom is 0.341 e. The summed E-state index contributed by atoms with van der Waals surface area (Å²) in [4.78, 5) is 11.4. The highest BCUT2D eigenvalue weighted by Gasteiger charge is 2.22. The highest BCUT2D eigenvalue weighted by Crippen LogP contribution is 2.18. The van der Waals surface area contributed by atoms with Crippen LogP contribution in [0.25, 0.3) is 0 Å². The minimum Gasteiger partial charge on any atom is -0.465 e. The number of carbonyl (C=O) groups excluding carboxylic acids is 1. The summed E-state index contributed by atoms with van der Waals surface area (Å²) in [6.07, 6.45) is 1.03. The van der Waals surface area contributed by atoms with E-state index in [4.69, 9.17) is 10.2 Å². The molecule has 0 amide bonds. The Labute approximate surface area is 147 Å². The fourth-order valence-corrected chi connectivity index (χ4v) is 3.20. The molecule has 0 fully saturated rings. The van der Waals surface area contributed by atoms with Crippen LogP contribution in [0.4, 0.5) is 0 Å². The van der Waals surface area contributed by atoms with Gasteiger partial charge in [-0.05, 0) is 17.0 Å². The Morgan fingerprint density at radius 1 is 1.24 bits per heavy atom. The van der Waals surface area contributed by atoms with Crippen molar-refractivity contribution in [3.8, 4) is 0 Å². The third-order valence-electron chi connectivity index (χ3n) is 3.79. The average Bonchev–Trinajstić information content (AvgIpc) is 3.10. The standard InChI is InChI=1S/C17H22N2O5S/c1-11(2)12-4-6-13(7-5-12)15(18)9-19-25(21,22)16-8-14(10-24-16)17(20)23-3/h4-8,10-11,15,19H,9,18H2,1-3H3. The topological polar surface area (TPSA) is 112 Å². The van der Waals surface area contributed by atoms with Crippen molar-refractivity contribution in [2.45, 2.75) is 30.9 Å². The van der Waals surface area contributed by atoms with E-state index < -0.39 is 22.0 Å². The summed E-state index contributed by atoms with van der Waals surface area (Å²) in [7, 11) is -2.71. The Balaban J connectivity index is 2.03. The molecular formula is C17H22N2O5S. The minimum atomic E-state index is -3.91. The molecule has 8 heteroatoms. The summed E-state index contributed by atoms with van der Waals surface area (Å²) in [6.45, 7) is 4.18. The van der Waals surface area contributed by atoms with Crippen LogP contribution in [0.15, 0.2) is 46.1 Å². The molecule has 0 saturated heterocycles. The summed E-state index contributed by atoms with van der Waals surface area (Å²) in [5, 5.41) is -0.366. The first-order valence-electron chi connectivity index (χ1n) is 7.76. The van der Waals surface area contributed by atoms with Crippen molar-refractivity contribution in [2.75, 3.05) is 13.7 Å². The summed E-state index contributed by atoms with van der Waals surface area (Å²) in [5.41, 5.74) is 8.08. The SMILES string of the molecule is COC(=O)c1coc(S(=O)(=O)NCC(N)c2ccc(C(C)C)cc2)c1. The van der Waals surface area contributed by atoms with Crippen LogP contribution in [-0.2, 0) is 14.8 Å². The van der Waals surface area contributed by atoms with Crippen molar-refractivity contribution >= 4 is 16.0 Å². The number of rotatable bonds is 7. The molecule has 0 aliphatic carbocycles. The van der Waals surface area contributed by atoms with Gasteiger partial charge in [0.15, 0.2) is 0 Å². The summed E-state index contributed by atoms with van der Waals surface area (Å²) in [5.74, 6) is -0.265. The molecule has 0 aliphatic rings. The monoisotopic (exact) mass is 366 g/mol. The maximum atomic E-state index is 12.2. The lowest BCUT2D eigenvalue weighted by Gasteiger charge is -2.14. The number of ether oxygens (including phenoxy) is 1. The van der Waals surface area contributed by atoms with Gasteiger partial charge in [0, 0.05) is 18.7 Å². The van der Waals surface area contributed by atoms with Crippen LogP contribution < -0.4 is 10.5 Å². The van der Waals surface area contributed by atoms with Gasteiger partial charge in [-0.3, -0.25) is 0 Å². The number of nitrogens with two attached hydrogens (primary N) is 1. The molecule has 0 aliphatic heterocycles. The molecule has 136 valence electrons. The van der Waals surface area contributed by atoms with Gasteiger partial charge in [-0.2, -0.15) is 0 Å². The molecule has 0 bridgehead atoms. The third kappa shape index (κ3) is 4.68. The van der Waals surface area contributed by atoms with Gasteiger partial charge < -0.3 is 14.9 Å². The molecule has 2 aromatic rings. The van der Waals surface area contributed by atoms with E-state index >= 15 is 0 Å². The van der Waals surface area contributed by atoms with E-state index in [1.54, 1.807) is 0 Å². The van der Waals surface area contributed by atoms with E-state index in [1.165, 1.54) is 12.7 Å². The van der Waals surface area contributed by atoms with E-state index in [9.17, 15) is 13.2 Å². The molecular weight excluding hydrogens is 344 g/mol. The van der Waals surface area contributed by atoms with Crippen molar-refractivity contribution in [3.63, 3.8) is 0 Å². The number of sulfonamides is 1. The molecule has 7 nitrogen and oxygen atoms in total. The molecule has 1 heterocycles. The molecule has 0 saturated carbocycles. The second-order valence-electron chi connectivity index (χ2n) is 5.93. The van der Waals surface area contributed by atoms with Gasteiger partial charge in [-0.1, -0.05) is 38.1 Å². The van der Waals surface area contributed by atoms with Gasteiger partial charge in [-0.15, -0.1) is 0 Å². The number of carbonyl (C=O) groups is 1. The van der Waals surface area contributed by atoms with Crippen LogP contribution in [0.1, 0.15) is 47.3 Å². The van der Waals surface area contributed by atoms with Crippen LogP contribution in [0.5, 0.6) is 0 Å². The van der Waals surface area contributed by atoms with Gasteiger partial charge in [0.2, 0.25) is 5.09 Å². The van der Waals surface area contributed by atoms with Crippen molar-refractivity contribution < 1.29 is 22.4 Å². The van der Waals surface area contributed by atoms with E-state index in [1.807, 2.05) is 24.3 Å². The Bertz CT molecular complexity index is 825. The number of nitrogens with one attached hydrogen (secondary N) is 1. The summed E-state index contributed by atoms with van der Waals surface area (Å²) >= 11 is 0. The lowest BCUT2D eigenvalue weighted by Crippen LogP contribution is -2.31. The van der Waals surface area contributed by atoms with E-state index in [2.05, 4.69) is 23.3 Å². The first-order chi connectivity index (χ1) is 11.7. The predicted molar refractivity (Wildman–Crippen MR) is 92.7 cm³/mol. The number of hydrogen-bond donors (Lipinski definition) is 2. The number of methoxy groups -OCH3 is 1. The second kappa shape index (κ2) is 7.81. The number of benzene rings is 1. The minimum absolute atomic E-state index is 0.00236. The zero-order valence-corrected chi connectivity index (χ0v) is 15.2. The predicted octanol–water partition coefficient (Wildman–Crippen LogP) is 2.17. The van der Waals surface area contributed by atoms with Crippen molar-refractivity contribution in [3.05, 3.63) is 53.3 Å². The first-order valence-corrected chi connectivity index (χ1v) is 9.25. The number of esters is 1. The molecule has 1 unspecified atom stereocenters. The van der Waals surface area contributed by atoms with Crippen LogP contribution in [0.3, 0.4) is 0 Å². The highest BCUT2D eigenvalue weighted by atomic mass is 32.2. The average molecular weight is 366 g/mol. The molecule has 0 radical (unpaired) electrons. The van der Waals surface area contributed by atoms with Crippen molar-refractivity contribution in [1.82, 2.24) is 4.72 Å². The zero-order valence-electron chi connectivity index (χ0n) is 14.4. The largest absolute Gasteiger partial charge is 0.465 e. The third-order valence-corrected chi connectivity index (χ3v) is 5.08. The van der Waals surface area contributed by atoms with Gasteiger partial charge in [0.1, 0.15) is 6.26 Å². The van der Waals surface area contributed by atoms with Crippen LogP contribution in [-0.4, -0.2) is 28.0 Å². The number of furan rings is 1. The lowest BCUT2D eigenvalue weighted by molar-refractivity contribution is 0.0600. The van der Waals surface area contributed by atoms with Gasteiger partial charge in [-0.25, -0.2) is 17.9 Å². The van der Waals surface area contributed by atoms with E-state index in [0.29, 0.717) is 5.92 Å². The highest BCUT2D eigenvalue weighted by molar-refractivity contribution is 7.89. The molecule has 1 atom stereocenters. The smallest absolute Gasteiger partial charge is 0.341 e. The fraction of sp³-hybridized carbons (Fsp3) is 0.353. The van der Waals surface area contributed by atoms with E-state index in [-0.39, 0.29) is 17.2 Å². The lowest BCUT2D eigenvalue weighted by atomic mass is 9.99. The van der Waals surface area contributed by atoms with Crippen molar-refractivity contribution in [2.24, 2.45) is 5.73 Å². The van der Waals surface area contributed by atoms with Crippen LogP contribution in [0, 0.1) is 0 Å². The zero-order chi connectivity index (χ0) is 18.6. The summed E-state index contributed by atoms with van der Waals surface area (Å²) < 4.78 is 36.3. The molecule has 0 spiro atoms. The Morgan fingerprint density at radius 2 is 1.84 bits per heavy atom. The van der Waals surface area contributed by atoms with Crippen molar-refractivity contribution in [1.29, 1.82) is 0 Å². The maximum absolute atomic E-state index is 12.2. The fourth-order valence-electron chi connectivity index (χ4n) is 2.20. The van der Waals surface area contributed by atoms with E-state index in [0.717, 1.165) is 17.9 Å². The van der Waals surface area contributed by atoms with Crippen LogP contribution in [0.2, 0.25) is 0 Å². The molecule has 3 N–H and O–H groups in total. The Hall–Kier alpha value is -2.16. The molecule has 2 rings (SSSR count). The number of hydrogen-bond acceptors (Lipinski definition) is 6. The first kappa shape index (κ1) is 19.2. The molecule has 1 aromatic carbocycles. The summed E-state index contributed by atoms with van der Waals surface area (Å²) in [6, 6.07) is 8.32. The molecule has 1 aromatic heterocycles. The second-order valence-corrected chi connectivity index (χ2v) is 7.62. The molecule has 25 heavy (non-hydrogen) atoms. The quantitative estimate of drug-likeness (QED) is 0.726. The van der Waals surface area contributed by atoms with Gasteiger partial charge in [0.25, 0.3) is 10.0 Å². The normalized spacial score (nSPS) is 13.0.